The van der Waals surface area contributed by atoms with Crippen molar-refractivity contribution in [2.75, 3.05) is 5.32 Å². The number of nitrogens with two attached hydrogens (primary N) is 1. The van der Waals surface area contributed by atoms with Gasteiger partial charge in [-0.1, -0.05) is 34.7 Å². The molecule has 0 atom stereocenters. The van der Waals surface area contributed by atoms with Gasteiger partial charge in [0.2, 0.25) is 0 Å². The van der Waals surface area contributed by atoms with Gasteiger partial charge in [-0.15, -0.1) is 0 Å². The Balaban J connectivity index is 1.63. The number of nitrogens with one attached hydrogen (secondary N) is 3. The smallest absolute Gasteiger partial charge is 0.256 e. The minimum Gasteiger partial charge on any atom is -0.365 e. The predicted molar refractivity (Wildman–Crippen MR) is 126 cm³/mol. The van der Waals surface area contributed by atoms with Crippen molar-refractivity contribution in [2.24, 2.45) is 10.7 Å². The lowest BCUT2D eigenvalue weighted by molar-refractivity contribution is 0.100. The first kappa shape index (κ1) is 20.7. The number of aromatic nitrogens is 4. The van der Waals surface area contributed by atoms with Crippen molar-refractivity contribution in [1.29, 1.82) is 0 Å². The van der Waals surface area contributed by atoms with Gasteiger partial charge >= 0.3 is 0 Å². The second kappa shape index (κ2) is 9.08. The molecule has 0 unspecified atom stereocenters. The summed E-state index contributed by atoms with van der Waals surface area (Å²) in [7, 11) is 0. The third-order valence-corrected chi connectivity index (χ3v) is 5.34. The lowest BCUT2D eigenvalue weighted by atomic mass is 10.1. The SMILES string of the molecule is NC(=O)c1c(Nc2cccc(CI)c2)n[nH]c1/N=C/c1c[nH]nc1-c1ccc(F)cc1. The summed E-state index contributed by atoms with van der Waals surface area (Å²) in [6, 6.07) is 13.7. The van der Waals surface area contributed by atoms with Gasteiger partial charge in [-0.25, -0.2) is 9.38 Å². The van der Waals surface area contributed by atoms with E-state index in [4.69, 9.17) is 5.73 Å². The molecule has 31 heavy (non-hydrogen) atoms. The van der Waals surface area contributed by atoms with E-state index in [0.717, 1.165) is 21.2 Å². The number of amides is 1. The average molecular weight is 529 g/mol. The van der Waals surface area contributed by atoms with Crippen LogP contribution in [0, 0.1) is 5.82 Å². The molecule has 0 spiro atoms. The number of primary amides is 1. The maximum Gasteiger partial charge on any atom is 0.256 e. The van der Waals surface area contributed by atoms with Crippen molar-refractivity contribution in [3.05, 3.63) is 77.2 Å². The molecule has 0 saturated heterocycles. The summed E-state index contributed by atoms with van der Waals surface area (Å²) in [6.07, 6.45) is 3.18. The number of halogens is 2. The van der Waals surface area contributed by atoms with Gasteiger partial charge in [0.05, 0.1) is 0 Å². The summed E-state index contributed by atoms with van der Waals surface area (Å²) in [5, 5.41) is 17.0. The Morgan fingerprint density at radius 2 is 2.03 bits per heavy atom. The maximum absolute atomic E-state index is 13.2. The molecule has 2 heterocycles. The Hall–Kier alpha value is -3.54. The van der Waals surface area contributed by atoms with Crippen LogP contribution in [0.5, 0.6) is 0 Å². The molecule has 0 bridgehead atoms. The van der Waals surface area contributed by atoms with E-state index in [2.05, 4.69) is 53.3 Å². The summed E-state index contributed by atoms with van der Waals surface area (Å²) in [4.78, 5) is 16.4. The van der Waals surface area contributed by atoms with Crippen LogP contribution >= 0.6 is 22.6 Å². The molecule has 156 valence electrons. The second-order valence-electron chi connectivity index (χ2n) is 6.57. The van der Waals surface area contributed by atoms with E-state index in [1.165, 1.54) is 18.3 Å². The molecule has 0 radical (unpaired) electrons. The van der Waals surface area contributed by atoms with Gasteiger partial charge in [-0.05, 0) is 42.0 Å². The third-order valence-electron chi connectivity index (χ3n) is 4.46. The van der Waals surface area contributed by atoms with Gasteiger partial charge in [-0.2, -0.15) is 10.2 Å². The number of alkyl halides is 1. The van der Waals surface area contributed by atoms with E-state index in [1.54, 1.807) is 18.3 Å². The zero-order chi connectivity index (χ0) is 21.8. The number of H-pyrrole nitrogens is 2. The fourth-order valence-electron chi connectivity index (χ4n) is 2.99. The Kier molecular flexibility index (Phi) is 6.07. The first-order valence-corrected chi connectivity index (χ1v) is 10.7. The van der Waals surface area contributed by atoms with Crippen LogP contribution < -0.4 is 11.1 Å². The Labute approximate surface area is 190 Å². The molecule has 1 amide bonds. The predicted octanol–water partition coefficient (Wildman–Crippen LogP) is 4.47. The van der Waals surface area contributed by atoms with E-state index in [-0.39, 0.29) is 23.0 Å². The molecule has 2 aromatic carbocycles. The van der Waals surface area contributed by atoms with Gasteiger partial charge < -0.3 is 11.1 Å². The third kappa shape index (κ3) is 4.63. The molecule has 4 rings (SSSR count). The van der Waals surface area contributed by atoms with E-state index in [1.807, 2.05) is 24.3 Å². The number of anilines is 2. The zero-order valence-electron chi connectivity index (χ0n) is 16.1. The number of nitrogens with zero attached hydrogens (tertiary/aromatic N) is 3. The van der Waals surface area contributed by atoms with Crippen molar-refractivity contribution in [1.82, 2.24) is 20.4 Å². The highest BCUT2D eigenvalue weighted by molar-refractivity contribution is 14.1. The fourth-order valence-corrected chi connectivity index (χ4v) is 3.46. The summed E-state index contributed by atoms with van der Waals surface area (Å²) in [5.74, 6) is -0.496. The van der Waals surface area contributed by atoms with Crippen LogP contribution in [0.2, 0.25) is 0 Å². The van der Waals surface area contributed by atoms with Crippen molar-refractivity contribution in [3.63, 3.8) is 0 Å². The Bertz CT molecular complexity index is 1250. The van der Waals surface area contributed by atoms with Gasteiger partial charge in [0, 0.05) is 33.7 Å². The number of carbonyl (C=O) groups excluding carboxylic acids is 1. The molecule has 10 heteroatoms. The quantitative estimate of drug-likeness (QED) is 0.160. The van der Waals surface area contributed by atoms with Crippen LogP contribution in [-0.2, 0) is 4.43 Å². The van der Waals surface area contributed by atoms with Crippen LogP contribution in [-0.4, -0.2) is 32.5 Å². The molecular weight excluding hydrogens is 512 g/mol. The van der Waals surface area contributed by atoms with Gasteiger partial charge in [0.1, 0.15) is 17.1 Å². The van der Waals surface area contributed by atoms with Crippen LogP contribution in [0.25, 0.3) is 11.3 Å². The highest BCUT2D eigenvalue weighted by atomic mass is 127. The number of hydrogen-bond acceptors (Lipinski definition) is 5. The minimum atomic E-state index is -0.667. The minimum absolute atomic E-state index is 0.142. The number of hydrogen-bond donors (Lipinski definition) is 4. The number of aliphatic imine (C=N–C) groups is 1. The molecule has 0 aliphatic carbocycles. The normalized spacial score (nSPS) is 11.2. The number of carbonyl (C=O) groups is 1. The van der Waals surface area contributed by atoms with E-state index >= 15 is 0 Å². The largest absolute Gasteiger partial charge is 0.365 e. The maximum atomic E-state index is 13.2. The van der Waals surface area contributed by atoms with E-state index in [9.17, 15) is 9.18 Å². The second-order valence-corrected chi connectivity index (χ2v) is 7.34. The lowest BCUT2D eigenvalue weighted by Gasteiger charge is -2.06. The molecule has 8 nitrogen and oxygen atoms in total. The molecule has 0 fully saturated rings. The zero-order valence-corrected chi connectivity index (χ0v) is 18.2. The molecular formula is C21H17FIN7O. The average Bonchev–Trinajstić information content (AvgIpc) is 3.40. The number of aromatic amines is 2. The molecule has 0 aliphatic heterocycles. The summed E-state index contributed by atoms with van der Waals surface area (Å²) in [6.45, 7) is 0. The fraction of sp³-hybridized carbons (Fsp3) is 0.0476. The van der Waals surface area contributed by atoms with Crippen molar-refractivity contribution >= 4 is 52.0 Å². The van der Waals surface area contributed by atoms with Crippen molar-refractivity contribution < 1.29 is 9.18 Å². The number of benzene rings is 2. The first-order valence-electron chi connectivity index (χ1n) is 9.19. The van der Waals surface area contributed by atoms with Crippen LogP contribution in [0.15, 0.2) is 59.7 Å². The van der Waals surface area contributed by atoms with Gasteiger partial charge in [0.15, 0.2) is 11.6 Å². The lowest BCUT2D eigenvalue weighted by Crippen LogP contribution is -2.12. The highest BCUT2D eigenvalue weighted by Gasteiger charge is 2.18. The molecule has 0 aliphatic rings. The summed E-state index contributed by atoms with van der Waals surface area (Å²) < 4.78 is 14.1. The molecule has 2 aromatic heterocycles. The first-order chi connectivity index (χ1) is 15.0. The highest BCUT2D eigenvalue weighted by Crippen LogP contribution is 2.27. The Morgan fingerprint density at radius 3 is 2.77 bits per heavy atom. The van der Waals surface area contributed by atoms with Crippen LogP contribution in [0.3, 0.4) is 0 Å². The van der Waals surface area contributed by atoms with E-state index in [0.29, 0.717) is 11.3 Å². The van der Waals surface area contributed by atoms with Crippen molar-refractivity contribution in [3.8, 4) is 11.3 Å². The van der Waals surface area contributed by atoms with Gasteiger partial charge in [0.25, 0.3) is 5.91 Å². The monoisotopic (exact) mass is 529 g/mol. The van der Waals surface area contributed by atoms with E-state index < -0.39 is 5.91 Å². The topological polar surface area (TPSA) is 125 Å². The van der Waals surface area contributed by atoms with Crippen LogP contribution in [0.4, 0.5) is 21.7 Å². The Morgan fingerprint density at radius 1 is 1.23 bits per heavy atom. The van der Waals surface area contributed by atoms with Crippen molar-refractivity contribution in [2.45, 2.75) is 4.43 Å². The molecule has 5 N–H and O–H groups in total. The number of rotatable bonds is 7. The summed E-state index contributed by atoms with van der Waals surface area (Å²) in [5.41, 5.74) is 9.62. The van der Waals surface area contributed by atoms with Crippen LogP contribution in [0.1, 0.15) is 21.5 Å². The molecule has 0 saturated carbocycles. The molecule has 4 aromatic rings. The summed E-state index contributed by atoms with van der Waals surface area (Å²) >= 11 is 2.28. The standard InChI is InChI=1S/C21H17FIN7O/c22-15-6-4-13(5-7-15)18-14(11-26-28-18)10-25-20-17(19(24)31)21(30-29-20)27-16-3-1-2-12(8-16)9-23/h1-8,10-11H,9H2,(H2,24,31)(H,26,28)(H2,27,29,30)/b25-10+. The van der Waals surface area contributed by atoms with Gasteiger partial charge in [-0.3, -0.25) is 15.0 Å².